The molecule has 0 aliphatic rings. The second kappa shape index (κ2) is 8.72. The first-order chi connectivity index (χ1) is 9.17. The van der Waals surface area contributed by atoms with E-state index in [0.29, 0.717) is 23.9 Å². The Labute approximate surface area is 118 Å². The van der Waals surface area contributed by atoms with E-state index in [-0.39, 0.29) is 12.6 Å². The van der Waals surface area contributed by atoms with E-state index in [9.17, 15) is 4.79 Å². The summed E-state index contributed by atoms with van der Waals surface area (Å²) in [5, 5.41) is 12.1. The zero-order valence-electron chi connectivity index (χ0n) is 11.1. The van der Waals surface area contributed by atoms with Crippen LogP contribution in [0.3, 0.4) is 0 Å². The SMILES string of the molecule is CCCCCN(CCO)C(=O)Nc1ccc(Cl)nc1. The molecule has 1 rings (SSSR count). The van der Waals surface area contributed by atoms with E-state index in [1.807, 2.05) is 0 Å². The van der Waals surface area contributed by atoms with Gasteiger partial charge in [0.05, 0.1) is 18.5 Å². The van der Waals surface area contributed by atoms with Crippen LogP contribution in [0.1, 0.15) is 26.2 Å². The third kappa shape index (κ3) is 5.89. The Hall–Kier alpha value is -1.33. The Balaban J connectivity index is 2.53. The van der Waals surface area contributed by atoms with E-state index in [1.54, 1.807) is 17.0 Å². The van der Waals surface area contributed by atoms with Crippen LogP contribution in [0.2, 0.25) is 5.15 Å². The second-order valence-corrected chi connectivity index (χ2v) is 4.60. The molecule has 0 radical (unpaired) electrons. The minimum atomic E-state index is -0.228. The van der Waals surface area contributed by atoms with Gasteiger partial charge in [-0.1, -0.05) is 31.4 Å². The van der Waals surface area contributed by atoms with Crippen LogP contribution < -0.4 is 5.32 Å². The molecule has 0 spiro atoms. The minimum absolute atomic E-state index is 0.0432. The molecule has 1 aromatic heterocycles. The van der Waals surface area contributed by atoms with Crippen molar-refractivity contribution in [3.05, 3.63) is 23.5 Å². The molecule has 1 heterocycles. The predicted molar refractivity (Wildman–Crippen MR) is 76.4 cm³/mol. The highest BCUT2D eigenvalue weighted by Crippen LogP contribution is 2.10. The van der Waals surface area contributed by atoms with Crippen LogP contribution in [-0.2, 0) is 0 Å². The topological polar surface area (TPSA) is 65.5 Å². The fourth-order valence-corrected chi connectivity index (χ4v) is 1.75. The number of carbonyl (C=O) groups excluding carboxylic acids is 1. The summed E-state index contributed by atoms with van der Waals surface area (Å²) in [6.45, 7) is 3.03. The van der Waals surface area contributed by atoms with Gasteiger partial charge in [-0.3, -0.25) is 0 Å². The number of rotatable bonds is 7. The quantitative estimate of drug-likeness (QED) is 0.598. The molecular weight excluding hydrogens is 266 g/mol. The summed E-state index contributed by atoms with van der Waals surface area (Å²) < 4.78 is 0. The Morgan fingerprint density at radius 2 is 2.21 bits per heavy atom. The van der Waals surface area contributed by atoms with Crippen molar-refractivity contribution in [1.82, 2.24) is 9.88 Å². The van der Waals surface area contributed by atoms with E-state index < -0.39 is 0 Å². The smallest absolute Gasteiger partial charge is 0.321 e. The van der Waals surface area contributed by atoms with Crippen LogP contribution in [0, 0.1) is 0 Å². The first-order valence-corrected chi connectivity index (χ1v) is 6.83. The van der Waals surface area contributed by atoms with Gasteiger partial charge in [-0.15, -0.1) is 0 Å². The molecule has 106 valence electrons. The van der Waals surface area contributed by atoms with Gasteiger partial charge in [0, 0.05) is 13.1 Å². The summed E-state index contributed by atoms with van der Waals surface area (Å²) >= 11 is 5.68. The standard InChI is InChI=1S/C13H20ClN3O2/c1-2-3-4-7-17(8-9-18)13(19)16-11-5-6-12(14)15-10-11/h5-6,10,18H,2-4,7-9H2,1H3,(H,16,19). The maximum absolute atomic E-state index is 12.0. The van der Waals surface area contributed by atoms with Gasteiger partial charge in [-0.2, -0.15) is 0 Å². The van der Waals surface area contributed by atoms with Crippen LogP contribution in [0.5, 0.6) is 0 Å². The van der Waals surface area contributed by atoms with Gasteiger partial charge in [-0.25, -0.2) is 9.78 Å². The fraction of sp³-hybridized carbons (Fsp3) is 0.538. The maximum Gasteiger partial charge on any atom is 0.321 e. The summed E-state index contributed by atoms with van der Waals surface area (Å²) in [7, 11) is 0. The Morgan fingerprint density at radius 3 is 2.79 bits per heavy atom. The summed E-state index contributed by atoms with van der Waals surface area (Å²) in [4.78, 5) is 17.5. The lowest BCUT2D eigenvalue weighted by atomic mass is 10.2. The number of halogens is 1. The summed E-state index contributed by atoms with van der Waals surface area (Å²) in [5.41, 5.74) is 0.591. The van der Waals surface area contributed by atoms with Crippen LogP contribution in [-0.4, -0.2) is 40.7 Å². The lowest BCUT2D eigenvalue weighted by molar-refractivity contribution is 0.187. The number of nitrogens with zero attached hydrogens (tertiary/aromatic N) is 2. The number of carbonyl (C=O) groups is 1. The number of unbranched alkanes of at least 4 members (excludes halogenated alkanes) is 2. The van der Waals surface area contributed by atoms with Crippen molar-refractivity contribution in [2.75, 3.05) is 25.0 Å². The number of nitrogens with one attached hydrogen (secondary N) is 1. The molecule has 0 unspecified atom stereocenters. The number of hydrogen-bond acceptors (Lipinski definition) is 3. The van der Waals surface area contributed by atoms with Gasteiger partial charge in [0.25, 0.3) is 0 Å². The van der Waals surface area contributed by atoms with Gasteiger partial charge in [0.1, 0.15) is 5.15 Å². The number of amides is 2. The molecule has 6 heteroatoms. The highest BCUT2D eigenvalue weighted by Gasteiger charge is 2.12. The van der Waals surface area contributed by atoms with Gasteiger partial charge < -0.3 is 15.3 Å². The van der Waals surface area contributed by atoms with E-state index in [1.165, 1.54) is 6.20 Å². The van der Waals surface area contributed by atoms with Gasteiger partial charge >= 0.3 is 6.03 Å². The average molecular weight is 286 g/mol. The van der Waals surface area contributed by atoms with Crippen molar-refractivity contribution in [2.45, 2.75) is 26.2 Å². The molecule has 2 N–H and O–H groups in total. The highest BCUT2D eigenvalue weighted by atomic mass is 35.5. The van der Waals surface area contributed by atoms with E-state index in [0.717, 1.165) is 19.3 Å². The number of aliphatic hydroxyl groups is 1. The molecule has 0 saturated heterocycles. The first kappa shape index (κ1) is 15.7. The van der Waals surface area contributed by atoms with Crippen molar-refractivity contribution in [3.8, 4) is 0 Å². The van der Waals surface area contributed by atoms with Crippen molar-refractivity contribution in [1.29, 1.82) is 0 Å². The van der Waals surface area contributed by atoms with Crippen molar-refractivity contribution < 1.29 is 9.90 Å². The van der Waals surface area contributed by atoms with E-state index in [4.69, 9.17) is 16.7 Å². The van der Waals surface area contributed by atoms with Crippen LogP contribution in [0.4, 0.5) is 10.5 Å². The molecule has 2 amide bonds. The van der Waals surface area contributed by atoms with Crippen molar-refractivity contribution >= 4 is 23.3 Å². The highest BCUT2D eigenvalue weighted by molar-refractivity contribution is 6.29. The molecular formula is C13H20ClN3O2. The Morgan fingerprint density at radius 1 is 1.42 bits per heavy atom. The molecule has 1 aromatic rings. The van der Waals surface area contributed by atoms with Crippen LogP contribution >= 0.6 is 11.6 Å². The molecule has 0 saturated carbocycles. The number of aromatic nitrogens is 1. The number of anilines is 1. The molecule has 0 aromatic carbocycles. The Kier molecular flexibility index (Phi) is 7.22. The Bertz CT molecular complexity index is 384. The molecule has 19 heavy (non-hydrogen) atoms. The lowest BCUT2D eigenvalue weighted by Crippen LogP contribution is -2.37. The van der Waals surface area contributed by atoms with Crippen LogP contribution in [0.15, 0.2) is 18.3 Å². The molecule has 5 nitrogen and oxygen atoms in total. The van der Waals surface area contributed by atoms with Gasteiger partial charge in [-0.05, 0) is 18.6 Å². The van der Waals surface area contributed by atoms with Crippen molar-refractivity contribution in [3.63, 3.8) is 0 Å². The number of urea groups is 1. The van der Waals surface area contributed by atoms with Gasteiger partial charge in [0.15, 0.2) is 0 Å². The average Bonchev–Trinajstić information content (AvgIpc) is 2.40. The monoisotopic (exact) mass is 285 g/mol. The van der Waals surface area contributed by atoms with Gasteiger partial charge in [0.2, 0.25) is 0 Å². The van der Waals surface area contributed by atoms with E-state index in [2.05, 4.69) is 17.2 Å². The largest absolute Gasteiger partial charge is 0.395 e. The number of hydrogen-bond donors (Lipinski definition) is 2. The third-order valence-electron chi connectivity index (χ3n) is 2.67. The second-order valence-electron chi connectivity index (χ2n) is 4.22. The zero-order chi connectivity index (χ0) is 14.1. The molecule has 0 fully saturated rings. The molecule has 0 aliphatic heterocycles. The minimum Gasteiger partial charge on any atom is -0.395 e. The maximum atomic E-state index is 12.0. The lowest BCUT2D eigenvalue weighted by Gasteiger charge is -2.22. The molecule has 0 bridgehead atoms. The predicted octanol–water partition coefficient (Wildman–Crippen LogP) is 2.75. The van der Waals surface area contributed by atoms with Crippen molar-refractivity contribution in [2.24, 2.45) is 0 Å². The zero-order valence-corrected chi connectivity index (χ0v) is 11.9. The molecule has 0 aliphatic carbocycles. The summed E-state index contributed by atoms with van der Waals surface area (Å²) in [6, 6.07) is 3.08. The first-order valence-electron chi connectivity index (χ1n) is 6.45. The number of pyridine rings is 1. The fourth-order valence-electron chi connectivity index (χ4n) is 1.64. The normalized spacial score (nSPS) is 10.3. The summed E-state index contributed by atoms with van der Waals surface area (Å²) in [5.74, 6) is 0. The summed E-state index contributed by atoms with van der Waals surface area (Å²) in [6.07, 6.45) is 4.60. The third-order valence-corrected chi connectivity index (χ3v) is 2.89. The van der Waals surface area contributed by atoms with E-state index >= 15 is 0 Å². The molecule has 0 atom stereocenters. The number of aliphatic hydroxyl groups excluding tert-OH is 1. The van der Waals surface area contributed by atoms with Crippen LogP contribution in [0.25, 0.3) is 0 Å².